The van der Waals surface area contributed by atoms with Crippen molar-refractivity contribution in [1.29, 1.82) is 0 Å². The summed E-state index contributed by atoms with van der Waals surface area (Å²) in [7, 11) is 0. The second kappa shape index (κ2) is 8.93. The summed E-state index contributed by atoms with van der Waals surface area (Å²) < 4.78 is 0. The summed E-state index contributed by atoms with van der Waals surface area (Å²) in [6, 6.07) is 0. The van der Waals surface area contributed by atoms with Gasteiger partial charge in [-0.1, -0.05) is 59.3 Å². The molecule has 0 aromatic rings. The summed E-state index contributed by atoms with van der Waals surface area (Å²) in [5.74, 6) is 2.79. The highest BCUT2D eigenvalue weighted by molar-refractivity contribution is 7.80. The number of rotatable bonds is 8. The molecule has 0 bridgehead atoms. The molecule has 0 aliphatic carbocycles. The third-order valence-electron chi connectivity index (χ3n) is 2.95. The van der Waals surface area contributed by atoms with E-state index in [1.165, 1.54) is 38.5 Å². The first-order valence-corrected chi connectivity index (χ1v) is 6.50. The fourth-order valence-corrected chi connectivity index (χ4v) is 2.09. The predicted octanol–water partition coefficient (Wildman–Crippen LogP) is 4.55. The van der Waals surface area contributed by atoms with Gasteiger partial charge in [0.2, 0.25) is 0 Å². The highest BCUT2D eigenvalue weighted by Crippen LogP contribution is 2.25. The van der Waals surface area contributed by atoms with Crippen molar-refractivity contribution >= 4 is 12.6 Å². The minimum atomic E-state index is 0.807. The van der Waals surface area contributed by atoms with Gasteiger partial charge >= 0.3 is 0 Å². The molecule has 0 radical (unpaired) electrons. The minimum Gasteiger partial charge on any atom is -0.179 e. The van der Waals surface area contributed by atoms with E-state index >= 15 is 0 Å². The minimum absolute atomic E-state index is 0.807. The average molecular weight is 202 g/mol. The van der Waals surface area contributed by atoms with Gasteiger partial charge in [0.05, 0.1) is 0 Å². The summed E-state index contributed by atoms with van der Waals surface area (Å²) in [5.41, 5.74) is 0. The molecule has 1 unspecified atom stereocenters. The molecule has 1 heteroatoms. The molecular weight excluding hydrogens is 176 g/mol. The first-order valence-electron chi connectivity index (χ1n) is 5.87. The molecule has 0 amide bonds. The zero-order chi connectivity index (χ0) is 10.1. The number of thiol groups is 1. The van der Waals surface area contributed by atoms with E-state index < -0.39 is 0 Å². The Morgan fingerprint density at radius 2 is 1.46 bits per heavy atom. The quantitative estimate of drug-likeness (QED) is 0.549. The van der Waals surface area contributed by atoms with Crippen LogP contribution in [-0.4, -0.2) is 5.75 Å². The molecule has 0 N–H and O–H groups in total. The van der Waals surface area contributed by atoms with Gasteiger partial charge in [-0.05, 0) is 17.6 Å². The van der Waals surface area contributed by atoms with Crippen LogP contribution in [0, 0.1) is 11.8 Å². The van der Waals surface area contributed by atoms with Gasteiger partial charge in [0.25, 0.3) is 0 Å². The number of hydrogen-bond donors (Lipinski definition) is 1. The molecule has 0 saturated heterocycles. The molecule has 0 aromatic heterocycles. The van der Waals surface area contributed by atoms with Crippen LogP contribution in [0.1, 0.15) is 59.3 Å². The molecule has 1 atom stereocenters. The molecule has 0 aromatic carbocycles. The lowest BCUT2D eigenvalue weighted by Gasteiger charge is -2.22. The highest BCUT2D eigenvalue weighted by atomic mass is 32.1. The van der Waals surface area contributed by atoms with Gasteiger partial charge in [-0.2, -0.15) is 12.6 Å². The van der Waals surface area contributed by atoms with E-state index in [2.05, 4.69) is 33.4 Å². The maximum Gasteiger partial charge on any atom is -0.00695 e. The smallest absolute Gasteiger partial charge is 0.00695 e. The van der Waals surface area contributed by atoms with Gasteiger partial charge in [-0.3, -0.25) is 0 Å². The number of hydrogen-bond acceptors (Lipinski definition) is 1. The molecule has 0 aliphatic heterocycles. The van der Waals surface area contributed by atoms with E-state index in [1.54, 1.807) is 0 Å². The zero-order valence-electron chi connectivity index (χ0n) is 9.55. The predicted molar refractivity (Wildman–Crippen MR) is 65.6 cm³/mol. The second-order valence-corrected chi connectivity index (χ2v) is 4.57. The lowest BCUT2D eigenvalue weighted by Crippen LogP contribution is -2.13. The molecular formula is C12H26S. The van der Waals surface area contributed by atoms with Gasteiger partial charge in [0, 0.05) is 0 Å². The normalized spacial score (nSPS) is 13.6. The largest absolute Gasteiger partial charge is 0.179 e. The fourth-order valence-electron chi connectivity index (χ4n) is 1.80. The van der Waals surface area contributed by atoms with E-state index in [1.807, 2.05) is 0 Å². The van der Waals surface area contributed by atoms with E-state index in [9.17, 15) is 0 Å². The monoisotopic (exact) mass is 202 g/mol. The van der Waals surface area contributed by atoms with E-state index in [4.69, 9.17) is 0 Å². The van der Waals surface area contributed by atoms with Crippen molar-refractivity contribution in [2.45, 2.75) is 59.3 Å². The lowest BCUT2D eigenvalue weighted by molar-refractivity contribution is 0.324. The van der Waals surface area contributed by atoms with Gasteiger partial charge in [-0.25, -0.2) is 0 Å². The van der Waals surface area contributed by atoms with E-state index in [-0.39, 0.29) is 0 Å². The molecule has 0 heterocycles. The Labute approximate surface area is 89.9 Å². The first kappa shape index (κ1) is 13.4. The summed E-state index contributed by atoms with van der Waals surface area (Å²) >= 11 is 4.40. The number of unbranched alkanes of at least 4 members (excludes halogenated alkanes) is 2. The molecule has 13 heavy (non-hydrogen) atoms. The SMILES string of the molecule is CCCCC(CCCC)C(C)CS. The van der Waals surface area contributed by atoms with E-state index in [0.717, 1.165) is 17.6 Å². The maximum atomic E-state index is 4.40. The summed E-state index contributed by atoms with van der Waals surface area (Å²) in [4.78, 5) is 0. The van der Waals surface area contributed by atoms with Crippen molar-refractivity contribution in [2.24, 2.45) is 11.8 Å². The Kier molecular flexibility index (Phi) is 9.17. The van der Waals surface area contributed by atoms with Crippen LogP contribution < -0.4 is 0 Å². The van der Waals surface area contributed by atoms with Crippen LogP contribution in [0.15, 0.2) is 0 Å². The van der Waals surface area contributed by atoms with E-state index in [0.29, 0.717) is 0 Å². The summed E-state index contributed by atoms with van der Waals surface area (Å²) in [5, 5.41) is 0. The van der Waals surface area contributed by atoms with Gasteiger partial charge in [0.1, 0.15) is 0 Å². The lowest BCUT2D eigenvalue weighted by atomic mass is 9.86. The maximum absolute atomic E-state index is 4.40. The van der Waals surface area contributed by atoms with Crippen LogP contribution in [0.3, 0.4) is 0 Å². The van der Waals surface area contributed by atoms with Crippen molar-refractivity contribution in [3.05, 3.63) is 0 Å². The summed E-state index contributed by atoms with van der Waals surface area (Å²) in [6.45, 7) is 6.91. The van der Waals surface area contributed by atoms with Crippen LogP contribution in [0.5, 0.6) is 0 Å². The Balaban J connectivity index is 3.72. The van der Waals surface area contributed by atoms with Crippen LogP contribution in [-0.2, 0) is 0 Å². The van der Waals surface area contributed by atoms with Gasteiger partial charge in [-0.15, -0.1) is 0 Å². The topological polar surface area (TPSA) is 0 Å². The standard InChI is InChI=1S/C12H26S/c1-4-6-8-12(9-7-5-2)11(3)10-13/h11-13H,4-10H2,1-3H3. The van der Waals surface area contributed by atoms with Crippen LogP contribution in [0.4, 0.5) is 0 Å². The van der Waals surface area contributed by atoms with Gasteiger partial charge in [0.15, 0.2) is 0 Å². The fraction of sp³-hybridized carbons (Fsp3) is 1.00. The van der Waals surface area contributed by atoms with Crippen molar-refractivity contribution in [3.8, 4) is 0 Å². The second-order valence-electron chi connectivity index (χ2n) is 4.20. The molecule has 80 valence electrons. The van der Waals surface area contributed by atoms with Crippen LogP contribution >= 0.6 is 12.6 Å². The average Bonchev–Trinajstić information content (AvgIpc) is 2.17. The highest BCUT2D eigenvalue weighted by Gasteiger charge is 2.14. The van der Waals surface area contributed by atoms with Crippen molar-refractivity contribution < 1.29 is 0 Å². The summed E-state index contributed by atoms with van der Waals surface area (Å²) in [6.07, 6.45) is 8.29. The van der Waals surface area contributed by atoms with Crippen molar-refractivity contribution in [1.82, 2.24) is 0 Å². The van der Waals surface area contributed by atoms with Crippen molar-refractivity contribution in [3.63, 3.8) is 0 Å². The Hall–Kier alpha value is 0.350. The molecule has 0 saturated carbocycles. The first-order chi connectivity index (χ1) is 6.26. The Morgan fingerprint density at radius 1 is 1.00 bits per heavy atom. The molecule has 0 nitrogen and oxygen atoms in total. The third-order valence-corrected chi connectivity index (χ3v) is 3.53. The Bertz CT molecular complexity index is 93.3. The van der Waals surface area contributed by atoms with Crippen LogP contribution in [0.25, 0.3) is 0 Å². The molecule has 0 rings (SSSR count). The molecule has 0 spiro atoms. The Morgan fingerprint density at radius 3 is 1.77 bits per heavy atom. The van der Waals surface area contributed by atoms with Crippen molar-refractivity contribution in [2.75, 3.05) is 5.75 Å². The molecule has 0 fully saturated rings. The van der Waals surface area contributed by atoms with Crippen LogP contribution in [0.2, 0.25) is 0 Å². The third kappa shape index (κ3) is 6.42. The zero-order valence-corrected chi connectivity index (χ0v) is 10.4. The van der Waals surface area contributed by atoms with Gasteiger partial charge < -0.3 is 0 Å². The molecule has 0 aliphatic rings.